The molecule has 194 valence electrons. The van der Waals surface area contributed by atoms with Crippen LogP contribution in [0.25, 0.3) is 0 Å². The Morgan fingerprint density at radius 2 is 2.06 bits per heavy atom. The second-order valence-corrected chi connectivity index (χ2v) is 9.65. The normalized spacial score (nSPS) is 18.8. The molecule has 1 unspecified atom stereocenters. The van der Waals surface area contributed by atoms with Gasteiger partial charge in [0.25, 0.3) is 11.8 Å². The molecule has 2 fully saturated rings. The quantitative estimate of drug-likeness (QED) is 0.537. The van der Waals surface area contributed by atoms with E-state index in [4.69, 9.17) is 24.8 Å². The average molecular weight is 493 g/mol. The van der Waals surface area contributed by atoms with Gasteiger partial charge in [-0.15, -0.1) is 0 Å². The first-order valence-corrected chi connectivity index (χ1v) is 12.2. The molecule has 1 amide bonds. The number of piperidine rings is 1. The zero-order valence-corrected chi connectivity index (χ0v) is 20.8. The van der Waals surface area contributed by atoms with Crippen LogP contribution in [0.4, 0.5) is 10.3 Å². The van der Waals surface area contributed by atoms with E-state index in [9.17, 15) is 9.18 Å². The molecular formula is C25H37FN4O5. The van der Waals surface area contributed by atoms with E-state index in [-0.39, 0.29) is 12.0 Å². The van der Waals surface area contributed by atoms with E-state index in [1.807, 2.05) is 13.0 Å². The molecule has 0 aliphatic carbocycles. The van der Waals surface area contributed by atoms with Crippen LogP contribution in [0.3, 0.4) is 0 Å². The summed E-state index contributed by atoms with van der Waals surface area (Å²) in [4.78, 5) is 17.5. The first-order chi connectivity index (χ1) is 16.6. The summed E-state index contributed by atoms with van der Waals surface area (Å²) in [7, 11) is 0. The maximum absolute atomic E-state index is 13.9. The molecule has 9 nitrogen and oxygen atoms in total. The zero-order valence-electron chi connectivity index (χ0n) is 20.8. The summed E-state index contributed by atoms with van der Waals surface area (Å²) in [5.41, 5.74) is 5.04. The van der Waals surface area contributed by atoms with E-state index in [2.05, 4.69) is 15.0 Å². The average Bonchev–Trinajstić information content (AvgIpc) is 3.49. The van der Waals surface area contributed by atoms with Crippen molar-refractivity contribution in [3.05, 3.63) is 35.2 Å². The molecule has 4 rings (SSSR count). The van der Waals surface area contributed by atoms with E-state index in [0.29, 0.717) is 30.6 Å². The number of ether oxygens (including phenoxy) is 2. The monoisotopic (exact) mass is 492 g/mol. The number of nitrogens with zero attached hydrogens (tertiary/aromatic N) is 3. The van der Waals surface area contributed by atoms with Gasteiger partial charge in [-0.2, -0.15) is 4.98 Å². The maximum atomic E-state index is 13.9. The second-order valence-electron chi connectivity index (χ2n) is 9.65. The van der Waals surface area contributed by atoms with E-state index < -0.39 is 11.6 Å². The fraction of sp³-hybridized carbons (Fsp3) is 0.640. The second kappa shape index (κ2) is 12.3. The number of halogens is 1. The largest absolute Gasteiger partial charge is 0.494 e. The van der Waals surface area contributed by atoms with Gasteiger partial charge < -0.3 is 29.7 Å². The molecule has 2 aliphatic rings. The Labute approximate surface area is 205 Å². The fourth-order valence-electron chi connectivity index (χ4n) is 4.09. The van der Waals surface area contributed by atoms with E-state index >= 15 is 0 Å². The molecule has 0 spiro atoms. The molecule has 0 saturated carbocycles. The van der Waals surface area contributed by atoms with Gasteiger partial charge in [0.15, 0.2) is 5.67 Å². The van der Waals surface area contributed by atoms with Gasteiger partial charge in [-0.1, -0.05) is 0 Å². The molecule has 35 heavy (non-hydrogen) atoms. The molecule has 2 saturated heterocycles. The van der Waals surface area contributed by atoms with Crippen molar-refractivity contribution in [2.24, 2.45) is 11.7 Å². The Hall–Kier alpha value is -2.72. The Morgan fingerprint density at radius 1 is 1.31 bits per heavy atom. The Bertz CT molecular complexity index is 948. The molecule has 0 bridgehead atoms. The van der Waals surface area contributed by atoms with Crippen LogP contribution in [-0.4, -0.2) is 60.2 Å². The van der Waals surface area contributed by atoms with Crippen LogP contribution in [0.5, 0.6) is 5.75 Å². The van der Waals surface area contributed by atoms with Gasteiger partial charge in [-0.05, 0) is 87.7 Å². The number of hydrogen-bond donors (Lipinski definition) is 2. The number of rotatable bonds is 8. The molecule has 2 aliphatic heterocycles. The van der Waals surface area contributed by atoms with Crippen LogP contribution in [0, 0.1) is 12.8 Å². The smallest absolute Gasteiger partial charge is 0.266 e. The lowest BCUT2D eigenvalue weighted by molar-refractivity contribution is 0.0999. The van der Waals surface area contributed by atoms with Crippen LogP contribution in [0.1, 0.15) is 67.8 Å². The lowest BCUT2D eigenvalue weighted by Gasteiger charge is -2.30. The lowest BCUT2D eigenvalue weighted by Crippen LogP contribution is -2.34. The van der Waals surface area contributed by atoms with Gasteiger partial charge in [-0.25, -0.2) is 4.39 Å². The van der Waals surface area contributed by atoms with E-state index in [1.54, 1.807) is 12.1 Å². The highest BCUT2D eigenvalue weighted by atomic mass is 19.1. The van der Waals surface area contributed by atoms with Gasteiger partial charge in [-0.3, -0.25) is 4.79 Å². The minimum atomic E-state index is -1.62. The van der Waals surface area contributed by atoms with Crippen molar-refractivity contribution in [1.29, 1.82) is 0 Å². The summed E-state index contributed by atoms with van der Waals surface area (Å²) in [6, 6.07) is 5.33. The number of carbonyl (C=O) groups excluding carboxylic acids is 1. The first kappa shape index (κ1) is 26.9. The van der Waals surface area contributed by atoms with Gasteiger partial charge in [0.2, 0.25) is 5.91 Å². The molecule has 10 heteroatoms. The number of aliphatic hydroxyl groups excluding tert-OH is 1. The van der Waals surface area contributed by atoms with Crippen molar-refractivity contribution < 1.29 is 28.3 Å². The molecule has 0 radical (unpaired) electrons. The van der Waals surface area contributed by atoms with Crippen molar-refractivity contribution in [3.8, 4) is 5.75 Å². The third-order valence-corrected chi connectivity index (χ3v) is 6.22. The molecule has 3 N–H and O–H groups in total. The van der Waals surface area contributed by atoms with Gasteiger partial charge >= 0.3 is 0 Å². The van der Waals surface area contributed by atoms with Gasteiger partial charge in [0.1, 0.15) is 5.75 Å². The van der Waals surface area contributed by atoms with Gasteiger partial charge in [0, 0.05) is 25.3 Å². The minimum absolute atomic E-state index is 0.0193. The van der Waals surface area contributed by atoms with Crippen LogP contribution in [-0.2, 0) is 10.4 Å². The number of anilines is 1. The summed E-state index contributed by atoms with van der Waals surface area (Å²) in [6.45, 7) is 8.26. The molecule has 1 atom stereocenters. The predicted octanol–water partition coefficient (Wildman–Crippen LogP) is 3.52. The highest BCUT2D eigenvalue weighted by Gasteiger charge is 2.29. The van der Waals surface area contributed by atoms with Crippen molar-refractivity contribution in [2.45, 2.75) is 64.6 Å². The number of nitrogens with two attached hydrogens (primary N) is 1. The molecule has 1 aromatic carbocycles. The zero-order chi connectivity index (χ0) is 25.4. The number of benzene rings is 1. The molecule has 1 aromatic heterocycles. The highest BCUT2D eigenvalue weighted by Crippen LogP contribution is 2.28. The summed E-state index contributed by atoms with van der Waals surface area (Å²) in [6.07, 6.45) is 4.76. The van der Waals surface area contributed by atoms with Crippen LogP contribution in [0.2, 0.25) is 0 Å². The number of amides is 1. The third kappa shape index (κ3) is 8.17. The first-order valence-electron chi connectivity index (χ1n) is 12.2. The van der Waals surface area contributed by atoms with Crippen LogP contribution in [0.15, 0.2) is 22.7 Å². The standard InChI is InChI=1S/C21H29FN4O3.C4H8O2/c1-14-13-16(6-7-17(14)18(23)27)28-12-4-5-15-8-10-26(11-9-15)20-24-19(29-25-20)21(2,3)22;5-4-1-2-6-3-4/h6-7,13,15H,4-5,8-12H2,1-3H3,(H2,23,27);4-5H,1-3H2. The molecule has 3 heterocycles. The summed E-state index contributed by atoms with van der Waals surface area (Å²) < 4.78 is 29.5. The Morgan fingerprint density at radius 3 is 2.57 bits per heavy atom. The van der Waals surface area contributed by atoms with Crippen LogP contribution >= 0.6 is 0 Å². The molecule has 2 aromatic rings. The Balaban J connectivity index is 0.000000497. The number of aryl methyl sites for hydroxylation is 1. The summed E-state index contributed by atoms with van der Waals surface area (Å²) >= 11 is 0. The SMILES string of the molecule is Cc1cc(OCCCC2CCN(c3noc(C(C)(C)F)n3)CC2)ccc1C(N)=O.OC1CCOC1. The molecular weight excluding hydrogens is 455 g/mol. The minimum Gasteiger partial charge on any atom is -0.494 e. The van der Waals surface area contributed by atoms with E-state index in [1.165, 1.54) is 13.8 Å². The Kier molecular flexibility index (Phi) is 9.45. The number of hydrogen-bond acceptors (Lipinski definition) is 8. The van der Waals surface area contributed by atoms with Crippen molar-refractivity contribution in [3.63, 3.8) is 0 Å². The van der Waals surface area contributed by atoms with Gasteiger partial charge in [0.05, 0.1) is 19.3 Å². The number of alkyl halides is 1. The van der Waals surface area contributed by atoms with Crippen molar-refractivity contribution in [1.82, 2.24) is 10.1 Å². The van der Waals surface area contributed by atoms with Crippen molar-refractivity contribution in [2.75, 3.05) is 37.8 Å². The predicted molar refractivity (Wildman–Crippen MR) is 129 cm³/mol. The topological polar surface area (TPSA) is 124 Å². The number of primary amides is 1. The number of aromatic nitrogens is 2. The van der Waals surface area contributed by atoms with Crippen LogP contribution < -0.4 is 15.4 Å². The highest BCUT2D eigenvalue weighted by molar-refractivity contribution is 5.94. The summed E-state index contributed by atoms with van der Waals surface area (Å²) in [5.74, 6) is 1.45. The maximum Gasteiger partial charge on any atom is 0.266 e. The summed E-state index contributed by atoms with van der Waals surface area (Å²) in [5, 5.41) is 12.5. The third-order valence-electron chi connectivity index (χ3n) is 6.22. The number of carbonyl (C=O) groups is 1. The lowest BCUT2D eigenvalue weighted by atomic mass is 9.92. The van der Waals surface area contributed by atoms with Crippen molar-refractivity contribution >= 4 is 11.9 Å². The van der Waals surface area contributed by atoms with E-state index in [0.717, 1.165) is 63.1 Å². The number of aliphatic hydroxyl groups is 1. The fourth-order valence-corrected chi connectivity index (χ4v) is 4.09.